The van der Waals surface area contributed by atoms with E-state index < -0.39 is 93.4 Å². The van der Waals surface area contributed by atoms with E-state index in [9.17, 15) is 48.8 Å². The van der Waals surface area contributed by atoms with Gasteiger partial charge in [-0.05, 0) is 172 Å². The standard InChI is InChI=1S/C28H25ClF4N2O3S.C14H21NO4S.C14H21NO2S.C9H9NS.C9H13NS/c1-2-39(37,38)24-8-3-18(4-9-24)17-34-27(36)20-6-10-26-21(13-20)15-23(35(26)12-11-30)14-19-5-7-22(29)16-25(19)28(31,32)33;1-5-20(17,18)12-8-6-11(7-9-12)10-15-13(16)19-14(2,3)4;1-5-18-12-8-6-11(7-9-12)10-15-13(16)17-14(2,3)4;1-3-11-9-6-4-8(10-2)5-7-9;1-2-11-9-5-3-8(7-10)4-6-9/h3-10,13,15-16H,2,11-12,14,17H2,1H3,(H,34,36);6-9H,5,10H2,1-4H3,(H,15,16);6-9H,5,10H2,1-4H3,(H,15,16);4-7H,3H2,1H3;3-6H,2,7,10H2,1H3/i17D2;2*10D2;;7D2. The molecule has 534 valence electrons. The number of nitrogens with two attached hydrogens (primary N) is 1. The van der Waals surface area contributed by atoms with Gasteiger partial charge in [0.25, 0.3) is 5.91 Å². The van der Waals surface area contributed by atoms with Crippen LogP contribution in [-0.2, 0) is 74.3 Å². The molecule has 0 fully saturated rings. The number of nitrogens with zero attached hydrogens (tertiary/aromatic N) is 2. The molecule has 99 heavy (non-hydrogen) atoms. The van der Waals surface area contributed by atoms with Crippen molar-refractivity contribution in [3.63, 3.8) is 0 Å². The molecule has 0 atom stereocenters. The molecule has 0 unspecified atom stereocenters. The van der Waals surface area contributed by atoms with E-state index in [1.165, 1.54) is 102 Å². The topological polar surface area (TPSA) is 209 Å². The number of halogens is 5. The molecule has 1 heterocycles. The number of aromatic nitrogens is 1. The molecule has 15 nitrogen and oxygen atoms in total. The van der Waals surface area contributed by atoms with Crippen LogP contribution in [0.25, 0.3) is 15.7 Å². The Morgan fingerprint density at radius 3 is 1.38 bits per heavy atom. The van der Waals surface area contributed by atoms with Crippen molar-refractivity contribution in [2.24, 2.45) is 5.73 Å². The molecule has 7 aromatic carbocycles. The molecule has 3 amide bonds. The Bertz CT molecular complexity index is 4530. The Labute approximate surface area is 610 Å². The third kappa shape index (κ3) is 30.1. The average molecular weight is 1490 g/mol. The number of alkyl halides is 4. The Kier molecular flexibility index (Phi) is 29.3. The molecule has 5 N–H and O–H groups in total. The molecule has 25 heteroatoms. The number of carbonyl (C=O) groups excluding carboxylic acids is 3. The van der Waals surface area contributed by atoms with Crippen LogP contribution in [-0.4, -0.2) is 86.1 Å². The van der Waals surface area contributed by atoms with Crippen molar-refractivity contribution < 1.29 is 69.2 Å². The summed E-state index contributed by atoms with van der Waals surface area (Å²) in [5.41, 5.74) is 5.71. The van der Waals surface area contributed by atoms with Gasteiger partial charge in [-0.15, -0.1) is 35.3 Å². The number of hydrogen-bond acceptors (Lipinski definition) is 13. The number of rotatable bonds is 22. The largest absolute Gasteiger partial charge is 0.444 e. The van der Waals surface area contributed by atoms with Crippen LogP contribution in [0.2, 0.25) is 5.02 Å². The summed E-state index contributed by atoms with van der Waals surface area (Å²) in [7, 11) is -6.82. The van der Waals surface area contributed by atoms with Crippen molar-refractivity contribution in [3.05, 3.63) is 225 Å². The second kappa shape index (κ2) is 40.7. The van der Waals surface area contributed by atoms with Gasteiger partial charge in [0.15, 0.2) is 25.4 Å². The molecular weight excluding hydrogens is 1390 g/mol. The van der Waals surface area contributed by atoms with E-state index in [2.05, 4.69) is 41.6 Å². The molecule has 0 aliphatic heterocycles. The lowest BCUT2D eigenvalue weighted by Crippen LogP contribution is -2.32. The predicted molar refractivity (Wildman–Crippen MR) is 396 cm³/mol. The van der Waals surface area contributed by atoms with E-state index in [4.69, 9.17) is 44.3 Å². The highest BCUT2D eigenvalue weighted by atomic mass is 35.5. The van der Waals surface area contributed by atoms with Gasteiger partial charge in [-0.1, -0.05) is 125 Å². The number of carbonyl (C=O) groups is 3. The van der Waals surface area contributed by atoms with Gasteiger partial charge in [-0.25, -0.2) is 35.7 Å². The Hall–Kier alpha value is -7.50. The van der Waals surface area contributed by atoms with Gasteiger partial charge in [0.2, 0.25) is 0 Å². The maximum absolute atomic E-state index is 13.6. The third-order valence-electron chi connectivity index (χ3n) is 13.0. The number of benzene rings is 7. The first-order valence-corrected chi connectivity index (χ1v) is 37.6. The molecule has 1 aromatic heterocycles. The Balaban J connectivity index is 0.000000310. The fourth-order valence-electron chi connectivity index (χ4n) is 8.40. The van der Waals surface area contributed by atoms with Gasteiger partial charge in [-0.2, -0.15) is 13.2 Å². The van der Waals surface area contributed by atoms with E-state index >= 15 is 0 Å². The molecule has 0 radical (unpaired) electrons. The fraction of sp³-hybridized carbons (Fsp3) is 0.351. The fourth-order valence-corrected chi connectivity index (χ4v) is 12.3. The maximum atomic E-state index is 13.6. The van der Waals surface area contributed by atoms with Gasteiger partial charge in [0, 0.05) is 77.0 Å². The summed E-state index contributed by atoms with van der Waals surface area (Å²) in [5, 5.41) is 7.04. The molecule has 8 aromatic rings. The first kappa shape index (κ1) is 71.3. The highest BCUT2D eigenvalue weighted by Gasteiger charge is 2.34. The second-order valence-corrected chi connectivity index (χ2v) is 31.8. The van der Waals surface area contributed by atoms with E-state index in [1.807, 2.05) is 48.5 Å². The normalized spacial score (nSPS) is 13.1. The third-order valence-corrected chi connectivity index (χ3v) is 19.4. The Morgan fingerprint density at radius 2 is 1.00 bits per heavy atom. The number of hydrogen-bond donors (Lipinski definition) is 4. The minimum Gasteiger partial charge on any atom is -0.444 e. The molecule has 0 saturated carbocycles. The van der Waals surface area contributed by atoms with Crippen molar-refractivity contribution in [2.75, 3.05) is 35.4 Å². The number of fused-ring (bicyclic) bond motifs is 1. The summed E-state index contributed by atoms with van der Waals surface area (Å²) in [6, 6.07) is 41.8. The van der Waals surface area contributed by atoms with Crippen LogP contribution in [0.3, 0.4) is 0 Å². The zero-order valence-corrected chi connectivity index (χ0v) is 61.7. The summed E-state index contributed by atoms with van der Waals surface area (Å²) in [6.45, 7) is 17.1. The molecule has 0 bridgehead atoms. The highest BCUT2D eigenvalue weighted by Crippen LogP contribution is 2.36. The number of aryl methyl sites for hydroxylation is 1. The number of amides is 3. The van der Waals surface area contributed by atoms with Crippen molar-refractivity contribution in [3.8, 4) is 0 Å². The summed E-state index contributed by atoms with van der Waals surface area (Å²) in [5.74, 6) is 2.14. The minimum absolute atomic E-state index is 0.0294. The second-order valence-electron chi connectivity index (χ2n) is 22.8. The average Bonchev–Trinajstić information content (AvgIpc) is 1.66. The van der Waals surface area contributed by atoms with Crippen LogP contribution in [0.4, 0.5) is 32.8 Å². The SMILES string of the molecule is [2H]C([2H])(N)c1ccc(SCC)cc1.[2H]C([2H])(NC(=O)OC(C)(C)C)c1ccc(S(=O)(=O)CC)cc1.[2H]C([2H])(NC(=O)OC(C)(C)C)c1ccc(SCC)cc1.[2H]C([2H])(NC(=O)c1ccc2c(c1)cc(Cc1ccc(Cl)cc1C(F)(F)F)n2CCF)c1ccc(S(=O)(=O)CC)cc1.[C-]#[N+]c1ccc(SCC)cc1. The van der Waals surface area contributed by atoms with Crippen molar-refractivity contribution in [1.29, 1.82) is 0 Å². The Morgan fingerprint density at radius 1 is 0.586 bits per heavy atom. The first-order chi connectivity index (χ1) is 49.6. The van der Waals surface area contributed by atoms with Crippen LogP contribution in [0, 0.1) is 6.57 Å². The molecule has 0 saturated heterocycles. The van der Waals surface area contributed by atoms with Crippen LogP contribution < -0.4 is 21.7 Å². The van der Waals surface area contributed by atoms with Crippen LogP contribution in [0.15, 0.2) is 188 Å². The molecule has 0 spiro atoms. The lowest BCUT2D eigenvalue weighted by molar-refractivity contribution is -0.138. The zero-order valence-electron chi connectivity index (χ0n) is 64.8. The first-order valence-electron chi connectivity index (χ1n) is 35.0. The molecular formula is C74H89ClF4N6O9S5. The van der Waals surface area contributed by atoms with Crippen LogP contribution in [0.1, 0.15) is 137 Å². The zero-order chi connectivity index (χ0) is 80.7. The van der Waals surface area contributed by atoms with Gasteiger partial charge in [-0.3, -0.25) is 4.79 Å². The summed E-state index contributed by atoms with van der Waals surface area (Å²) in [4.78, 5) is 43.2. The van der Waals surface area contributed by atoms with Gasteiger partial charge >= 0.3 is 18.4 Å². The van der Waals surface area contributed by atoms with E-state index in [1.54, 1.807) is 107 Å². The predicted octanol–water partition coefficient (Wildman–Crippen LogP) is 18.5. The number of nitrogens with one attached hydrogen (secondary N) is 3. The van der Waals surface area contributed by atoms with Crippen LogP contribution in [0.5, 0.6) is 0 Å². The number of ether oxygens (including phenoxy) is 2. The summed E-state index contributed by atoms with van der Waals surface area (Å²) >= 11 is 11.0. The van der Waals surface area contributed by atoms with E-state index in [0.717, 1.165) is 33.1 Å². The lowest BCUT2D eigenvalue weighted by Gasteiger charge is -2.19. The highest BCUT2D eigenvalue weighted by molar-refractivity contribution is 7.99. The molecule has 0 aliphatic rings. The number of alkyl carbamates (subject to hydrolysis) is 2. The van der Waals surface area contributed by atoms with E-state index in [0.29, 0.717) is 33.4 Å². The quantitative estimate of drug-likeness (QED) is 0.0283. The maximum Gasteiger partial charge on any atom is 0.416 e. The lowest BCUT2D eigenvalue weighted by atomic mass is 10.0. The van der Waals surface area contributed by atoms with Gasteiger partial charge in [0.1, 0.15) is 17.9 Å². The summed E-state index contributed by atoms with van der Waals surface area (Å²) < 4.78 is 176. The minimum atomic E-state index is -4.65. The molecule has 0 aliphatic carbocycles. The van der Waals surface area contributed by atoms with Gasteiger partial charge < -0.3 is 35.7 Å². The summed E-state index contributed by atoms with van der Waals surface area (Å²) in [6.07, 6.45) is -6.47. The molecule has 8 rings (SSSR count). The number of thioether (sulfide) groups is 3. The van der Waals surface area contributed by atoms with Crippen LogP contribution >= 0.6 is 46.9 Å². The van der Waals surface area contributed by atoms with Crippen molar-refractivity contribution in [2.45, 2.75) is 157 Å². The smallest absolute Gasteiger partial charge is 0.416 e. The van der Waals surface area contributed by atoms with Crippen molar-refractivity contribution >= 4 is 101 Å². The number of sulfone groups is 2. The van der Waals surface area contributed by atoms with Gasteiger partial charge in [0.05, 0.1) is 48.2 Å². The van der Waals surface area contributed by atoms with Crippen molar-refractivity contribution in [1.82, 2.24) is 20.5 Å². The monoisotopic (exact) mass is 1480 g/mol. The van der Waals surface area contributed by atoms with E-state index in [-0.39, 0.29) is 61.5 Å².